The van der Waals surface area contributed by atoms with E-state index in [1.807, 2.05) is 56.3 Å². The van der Waals surface area contributed by atoms with Crippen LogP contribution in [0, 0.1) is 6.92 Å². The second kappa shape index (κ2) is 10.3. The number of para-hydroxylation sites is 3. The highest BCUT2D eigenvalue weighted by atomic mass is 35.5. The molecule has 0 bridgehead atoms. The van der Waals surface area contributed by atoms with E-state index >= 15 is 0 Å². The predicted molar refractivity (Wildman–Crippen MR) is 136 cm³/mol. The minimum absolute atomic E-state index is 0.208. The maximum atomic E-state index is 6.25. The fraction of sp³-hybridized carbons (Fsp3) is 0.321. The number of fused-ring (bicyclic) bond motifs is 1. The molecule has 1 heterocycles. The summed E-state index contributed by atoms with van der Waals surface area (Å²) in [5, 5.41) is 0.737. The first-order chi connectivity index (χ1) is 15.9. The molecule has 172 valence electrons. The van der Waals surface area contributed by atoms with E-state index in [2.05, 4.69) is 42.7 Å². The van der Waals surface area contributed by atoms with Gasteiger partial charge in [0.15, 0.2) is 11.9 Å². The minimum Gasteiger partial charge on any atom is -0.493 e. The number of nitrogens with zero attached hydrogens (tertiary/aromatic N) is 2. The molecule has 1 aromatic heterocycles. The largest absolute Gasteiger partial charge is 0.493 e. The van der Waals surface area contributed by atoms with Crippen molar-refractivity contribution in [1.29, 1.82) is 0 Å². The van der Waals surface area contributed by atoms with Crippen LogP contribution in [0.15, 0.2) is 66.7 Å². The minimum atomic E-state index is -0.208. The number of halogens is 1. The molecular weight excluding hydrogens is 432 g/mol. The van der Waals surface area contributed by atoms with Crippen molar-refractivity contribution in [2.24, 2.45) is 0 Å². The Morgan fingerprint density at radius 2 is 1.73 bits per heavy atom. The number of aromatic nitrogens is 2. The van der Waals surface area contributed by atoms with Gasteiger partial charge in [-0.3, -0.25) is 0 Å². The lowest BCUT2D eigenvalue weighted by Crippen LogP contribution is -2.14. The van der Waals surface area contributed by atoms with Crippen molar-refractivity contribution in [3.8, 4) is 11.5 Å². The molecule has 0 aliphatic carbocycles. The van der Waals surface area contributed by atoms with E-state index in [9.17, 15) is 0 Å². The molecule has 5 heteroatoms. The van der Waals surface area contributed by atoms with Gasteiger partial charge in [-0.05, 0) is 73.7 Å². The van der Waals surface area contributed by atoms with Crippen LogP contribution in [-0.4, -0.2) is 16.2 Å². The van der Waals surface area contributed by atoms with Crippen molar-refractivity contribution >= 4 is 22.6 Å². The molecule has 3 aromatic carbocycles. The van der Waals surface area contributed by atoms with Crippen molar-refractivity contribution in [3.63, 3.8) is 0 Å². The van der Waals surface area contributed by atoms with Gasteiger partial charge in [0.2, 0.25) is 0 Å². The molecule has 1 atom stereocenters. The van der Waals surface area contributed by atoms with Crippen LogP contribution in [-0.2, 0) is 6.54 Å². The quantitative estimate of drug-likeness (QED) is 0.239. The van der Waals surface area contributed by atoms with Crippen molar-refractivity contribution < 1.29 is 9.47 Å². The van der Waals surface area contributed by atoms with E-state index in [1.54, 1.807) is 0 Å². The highest BCUT2D eigenvalue weighted by molar-refractivity contribution is 6.31. The van der Waals surface area contributed by atoms with Crippen molar-refractivity contribution in [1.82, 2.24) is 9.55 Å². The average molecular weight is 463 g/mol. The van der Waals surface area contributed by atoms with Crippen LogP contribution in [0.1, 0.15) is 56.2 Å². The number of rotatable bonds is 9. The molecule has 0 amide bonds. The Kier molecular flexibility index (Phi) is 7.24. The van der Waals surface area contributed by atoms with E-state index in [0.717, 1.165) is 51.9 Å². The molecule has 0 radical (unpaired) electrons. The van der Waals surface area contributed by atoms with Gasteiger partial charge in [0.25, 0.3) is 0 Å². The van der Waals surface area contributed by atoms with Crippen LogP contribution < -0.4 is 9.47 Å². The van der Waals surface area contributed by atoms with Gasteiger partial charge in [0.05, 0.1) is 17.6 Å². The first-order valence-corrected chi connectivity index (χ1v) is 11.9. The second-order valence-electron chi connectivity index (χ2n) is 8.68. The lowest BCUT2D eigenvalue weighted by Gasteiger charge is -2.18. The van der Waals surface area contributed by atoms with Crippen LogP contribution in [0.4, 0.5) is 0 Å². The van der Waals surface area contributed by atoms with E-state index in [-0.39, 0.29) is 6.10 Å². The van der Waals surface area contributed by atoms with Gasteiger partial charge < -0.3 is 14.0 Å². The lowest BCUT2D eigenvalue weighted by atomic mass is 10.0. The second-order valence-corrected chi connectivity index (χ2v) is 9.08. The van der Waals surface area contributed by atoms with Gasteiger partial charge >= 0.3 is 0 Å². The molecule has 0 saturated heterocycles. The Hall–Kier alpha value is -2.98. The Labute approximate surface area is 201 Å². The molecule has 0 saturated carbocycles. The zero-order chi connectivity index (χ0) is 23.4. The molecule has 0 aliphatic heterocycles. The maximum Gasteiger partial charge on any atom is 0.153 e. The summed E-state index contributed by atoms with van der Waals surface area (Å²) in [6.45, 7) is 9.84. The van der Waals surface area contributed by atoms with Gasteiger partial charge in [-0.15, -0.1) is 0 Å². The van der Waals surface area contributed by atoms with Crippen LogP contribution in [0.5, 0.6) is 11.5 Å². The molecular formula is C28H31ClN2O2. The summed E-state index contributed by atoms with van der Waals surface area (Å²) in [6, 6.07) is 22.2. The lowest BCUT2D eigenvalue weighted by molar-refractivity contribution is 0.209. The summed E-state index contributed by atoms with van der Waals surface area (Å²) in [5.41, 5.74) is 4.32. The average Bonchev–Trinajstić information content (AvgIpc) is 3.18. The predicted octanol–water partition coefficient (Wildman–Crippen LogP) is 7.73. The van der Waals surface area contributed by atoms with Gasteiger partial charge in [0.1, 0.15) is 11.5 Å². The normalized spacial score (nSPS) is 12.3. The first-order valence-electron chi connectivity index (χ1n) is 11.5. The zero-order valence-electron chi connectivity index (χ0n) is 19.7. The van der Waals surface area contributed by atoms with E-state index < -0.39 is 0 Å². The van der Waals surface area contributed by atoms with E-state index in [1.165, 1.54) is 5.56 Å². The number of ether oxygens (including phenoxy) is 2. The van der Waals surface area contributed by atoms with Crippen LogP contribution in [0.2, 0.25) is 5.02 Å². The van der Waals surface area contributed by atoms with Gasteiger partial charge in [0, 0.05) is 11.6 Å². The van der Waals surface area contributed by atoms with Crippen molar-refractivity contribution in [3.05, 3.63) is 88.7 Å². The summed E-state index contributed by atoms with van der Waals surface area (Å²) in [5.74, 6) is 3.10. The summed E-state index contributed by atoms with van der Waals surface area (Å²) in [7, 11) is 0. The summed E-state index contributed by atoms with van der Waals surface area (Å²) >= 11 is 6.17. The van der Waals surface area contributed by atoms with E-state index in [0.29, 0.717) is 12.5 Å². The standard InChI is InChI=1S/C28H31ClN2O2/c1-19(2)23-10-5-8-13-27(23)32-17-9-16-31-26-12-7-6-11-25(26)30-28(31)21(4)33-22-14-15-24(29)20(3)18-22/h5-8,10-15,18-19,21H,9,16-17H2,1-4H3. The highest BCUT2D eigenvalue weighted by Gasteiger charge is 2.18. The van der Waals surface area contributed by atoms with Crippen LogP contribution in [0.3, 0.4) is 0 Å². The molecule has 4 nitrogen and oxygen atoms in total. The molecule has 4 rings (SSSR count). The molecule has 0 N–H and O–H groups in total. The highest BCUT2D eigenvalue weighted by Crippen LogP contribution is 2.29. The molecule has 0 fully saturated rings. The van der Waals surface area contributed by atoms with Crippen molar-refractivity contribution in [2.45, 2.75) is 52.7 Å². The molecule has 4 aromatic rings. The smallest absolute Gasteiger partial charge is 0.153 e. The molecule has 33 heavy (non-hydrogen) atoms. The third-order valence-corrected chi connectivity index (χ3v) is 6.24. The van der Waals surface area contributed by atoms with Gasteiger partial charge in [-0.1, -0.05) is 55.8 Å². The zero-order valence-corrected chi connectivity index (χ0v) is 20.5. The molecule has 0 aliphatic rings. The van der Waals surface area contributed by atoms with Crippen LogP contribution >= 0.6 is 11.6 Å². The number of hydrogen-bond acceptors (Lipinski definition) is 3. The molecule has 1 unspecified atom stereocenters. The topological polar surface area (TPSA) is 36.3 Å². The number of hydrogen-bond donors (Lipinski definition) is 0. The summed E-state index contributed by atoms with van der Waals surface area (Å²) in [6.07, 6.45) is 0.660. The van der Waals surface area contributed by atoms with Gasteiger partial charge in [-0.2, -0.15) is 0 Å². The Morgan fingerprint density at radius 3 is 2.52 bits per heavy atom. The number of imidazole rings is 1. The first kappa shape index (κ1) is 23.2. The van der Waals surface area contributed by atoms with Gasteiger partial charge in [-0.25, -0.2) is 4.98 Å². The fourth-order valence-electron chi connectivity index (χ4n) is 4.08. The third kappa shape index (κ3) is 5.33. The number of benzene rings is 3. The molecule has 0 spiro atoms. The van der Waals surface area contributed by atoms with Crippen LogP contribution in [0.25, 0.3) is 11.0 Å². The summed E-state index contributed by atoms with van der Waals surface area (Å²) in [4.78, 5) is 4.89. The number of aryl methyl sites for hydroxylation is 2. The Balaban J connectivity index is 1.50. The van der Waals surface area contributed by atoms with E-state index in [4.69, 9.17) is 26.1 Å². The maximum absolute atomic E-state index is 6.25. The Bertz CT molecular complexity index is 1230. The van der Waals surface area contributed by atoms with Crippen molar-refractivity contribution in [2.75, 3.05) is 6.61 Å². The fourth-order valence-corrected chi connectivity index (χ4v) is 4.20. The Morgan fingerprint density at radius 1 is 0.970 bits per heavy atom. The SMILES string of the molecule is Cc1cc(OC(C)c2nc3ccccc3n2CCCOc2ccccc2C(C)C)ccc1Cl. The summed E-state index contributed by atoms with van der Waals surface area (Å²) < 4.78 is 14.7. The monoisotopic (exact) mass is 462 g/mol. The third-order valence-electron chi connectivity index (χ3n) is 5.81.